The minimum Gasteiger partial charge on any atom is -0.481 e. The van der Waals surface area contributed by atoms with Gasteiger partial charge in [0.1, 0.15) is 17.3 Å². The van der Waals surface area contributed by atoms with E-state index in [-0.39, 0.29) is 12.5 Å². The van der Waals surface area contributed by atoms with Gasteiger partial charge >= 0.3 is 0 Å². The lowest BCUT2D eigenvalue weighted by Crippen LogP contribution is -2.24. The molecule has 144 valence electrons. The van der Waals surface area contributed by atoms with E-state index in [1.54, 1.807) is 18.2 Å². The zero-order chi connectivity index (χ0) is 20.1. The van der Waals surface area contributed by atoms with E-state index in [0.29, 0.717) is 22.3 Å². The largest absolute Gasteiger partial charge is 0.481 e. The SMILES string of the molecule is Cc1cc(Br)c(OCC(=O)N/N=C\c2ccc(-c3ccc(Cl)cc3)o2)c(Br)c1. The van der Waals surface area contributed by atoms with Crippen LogP contribution in [0.2, 0.25) is 5.02 Å². The summed E-state index contributed by atoms with van der Waals surface area (Å²) in [6, 6.07) is 14.7. The van der Waals surface area contributed by atoms with Crippen LogP contribution in [0.5, 0.6) is 5.75 Å². The Balaban J connectivity index is 1.54. The molecule has 0 aliphatic heterocycles. The standard InChI is InChI=1S/C20H15Br2ClN2O3/c1-12-8-16(21)20(17(22)9-12)27-11-19(26)25-24-10-15-6-7-18(28-15)13-2-4-14(23)5-3-13/h2-10H,11H2,1H3,(H,25,26)/b24-10-. The van der Waals surface area contributed by atoms with E-state index in [4.69, 9.17) is 20.8 Å². The Bertz CT molecular complexity index is 994. The highest BCUT2D eigenvalue weighted by Crippen LogP contribution is 2.34. The van der Waals surface area contributed by atoms with Crippen LogP contribution in [0, 0.1) is 6.92 Å². The molecule has 0 atom stereocenters. The predicted octanol–water partition coefficient (Wildman–Crippen LogP) is 5.96. The molecule has 2 aromatic carbocycles. The molecule has 1 heterocycles. The van der Waals surface area contributed by atoms with Crippen LogP contribution in [-0.4, -0.2) is 18.7 Å². The van der Waals surface area contributed by atoms with Gasteiger partial charge in [-0.05, 0) is 92.9 Å². The zero-order valence-electron chi connectivity index (χ0n) is 14.7. The number of carbonyl (C=O) groups is 1. The second kappa shape index (κ2) is 9.41. The Kier molecular flexibility index (Phi) is 6.93. The topological polar surface area (TPSA) is 63.8 Å². The van der Waals surface area contributed by atoms with Crippen molar-refractivity contribution in [1.82, 2.24) is 5.43 Å². The van der Waals surface area contributed by atoms with Crippen molar-refractivity contribution in [1.29, 1.82) is 0 Å². The van der Waals surface area contributed by atoms with Crippen LogP contribution < -0.4 is 10.2 Å². The van der Waals surface area contributed by atoms with Crippen LogP contribution in [0.4, 0.5) is 0 Å². The molecule has 0 fully saturated rings. The van der Waals surface area contributed by atoms with Gasteiger partial charge in [0.2, 0.25) is 0 Å². The number of benzene rings is 2. The normalized spacial score (nSPS) is 11.0. The summed E-state index contributed by atoms with van der Waals surface area (Å²) in [5, 5.41) is 4.55. The highest BCUT2D eigenvalue weighted by Gasteiger charge is 2.10. The Hall–Kier alpha value is -2.09. The van der Waals surface area contributed by atoms with Gasteiger partial charge in [0, 0.05) is 10.6 Å². The molecule has 8 heteroatoms. The average Bonchev–Trinajstić information content (AvgIpc) is 3.10. The van der Waals surface area contributed by atoms with E-state index in [2.05, 4.69) is 42.4 Å². The van der Waals surface area contributed by atoms with Gasteiger partial charge in [-0.1, -0.05) is 11.6 Å². The molecule has 0 saturated heterocycles. The summed E-state index contributed by atoms with van der Waals surface area (Å²) in [4.78, 5) is 11.9. The van der Waals surface area contributed by atoms with Crippen molar-refractivity contribution in [2.75, 3.05) is 6.61 Å². The van der Waals surface area contributed by atoms with Gasteiger partial charge in [-0.25, -0.2) is 5.43 Å². The average molecular weight is 527 g/mol. The van der Waals surface area contributed by atoms with Crippen molar-refractivity contribution in [3.8, 4) is 17.1 Å². The van der Waals surface area contributed by atoms with Crippen LogP contribution in [0.25, 0.3) is 11.3 Å². The quantitative estimate of drug-likeness (QED) is 0.318. The lowest BCUT2D eigenvalue weighted by atomic mass is 10.2. The summed E-state index contributed by atoms with van der Waals surface area (Å²) >= 11 is 12.7. The van der Waals surface area contributed by atoms with Gasteiger partial charge in [0.25, 0.3) is 5.91 Å². The number of amides is 1. The maximum Gasteiger partial charge on any atom is 0.277 e. The minimum atomic E-state index is -0.389. The first-order valence-corrected chi connectivity index (χ1v) is 10.1. The number of hydrogen-bond donors (Lipinski definition) is 1. The maximum absolute atomic E-state index is 11.9. The van der Waals surface area contributed by atoms with Gasteiger partial charge in [-0.15, -0.1) is 0 Å². The number of rotatable bonds is 6. The molecule has 0 saturated carbocycles. The van der Waals surface area contributed by atoms with Crippen molar-refractivity contribution in [3.05, 3.63) is 73.8 Å². The number of halogens is 3. The highest BCUT2D eigenvalue weighted by atomic mass is 79.9. The predicted molar refractivity (Wildman–Crippen MR) is 117 cm³/mol. The number of hydrazone groups is 1. The lowest BCUT2D eigenvalue weighted by Gasteiger charge is -2.10. The third kappa shape index (κ3) is 5.47. The Morgan fingerprint density at radius 1 is 1.18 bits per heavy atom. The molecule has 0 aliphatic carbocycles. The molecule has 0 aliphatic rings. The van der Waals surface area contributed by atoms with Crippen LogP contribution in [0.3, 0.4) is 0 Å². The third-order valence-electron chi connectivity index (χ3n) is 3.63. The third-order valence-corrected chi connectivity index (χ3v) is 5.06. The van der Waals surface area contributed by atoms with Gasteiger partial charge in [-0.3, -0.25) is 4.79 Å². The molecule has 3 aromatic rings. The second-order valence-electron chi connectivity index (χ2n) is 5.85. The van der Waals surface area contributed by atoms with Crippen LogP contribution in [0.15, 0.2) is 67.0 Å². The second-order valence-corrected chi connectivity index (χ2v) is 7.99. The monoisotopic (exact) mass is 524 g/mol. The van der Waals surface area contributed by atoms with Crippen molar-refractivity contribution >= 4 is 55.6 Å². The molecule has 0 radical (unpaired) electrons. The first kappa shape index (κ1) is 20.6. The molecule has 5 nitrogen and oxygen atoms in total. The first-order chi connectivity index (χ1) is 13.4. The van der Waals surface area contributed by atoms with Crippen molar-refractivity contribution in [3.63, 3.8) is 0 Å². The molecule has 0 spiro atoms. The van der Waals surface area contributed by atoms with Crippen LogP contribution in [-0.2, 0) is 4.79 Å². The fourth-order valence-electron chi connectivity index (χ4n) is 2.35. The Morgan fingerprint density at radius 3 is 2.54 bits per heavy atom. The van der Waals surface area contributed by atoms with E-state index in [1.165, 1.54) is 6.21 Å². The number of nitrogens with one attached hydrogen (secondary N) is 1. The molecule has 3 rings (SSSR count). The van der Waals surface area contributed by atoms with Gasteiger partial charge in [0.05, 0.1) is 15.2 Å². The summed E-state index contributed by atoms with van der Waals surface area (Å²) < 4.78 is 12.8. The number of carbonyl (C=O) groups excluding carboxylic acids is 1. The van der Waals surface area contributed by atoms with Gasteiger partial charge in [0.15, 0.2) is 6.61 Å². The molecular formula is C20H15Br2ClN2O3. The van der Waals surface area contributed by atoms with E-state index < -0.39 is 0 Å². The smallest absolute Gasteiger partial charge is 0.277 e. The van der Waals surface area contributed by atoms with E-state index in [1.807, 2.05) is 37.3 Å². The molecule has 0 unspecified atom stereocenters. The van der Waals surface area contributed by atoms with Crippen LogP contribution >= 0.6 is 43.5 Å². The number of furan rings is 1. The summed E-state index contributed by atoms with van der Waals surface area (Å²) in [6.45, 7) is 1.79. The summed E-state index contributed by atoms with van der Waals surface area (Å²) in [6.07, 6.45) is 1.43. The summed E-state index contributed by atoms with van der Waals surface area (Å²) in [7, 11) is 0. The van der Waals surface area contributed by atoms with Gasteiger partial charge < -0.3 is 9.15 Å². The molecule has 1 aromatic heterocycles. The lowest BCUT2D eigenvalue weighted by molar-refractivity contribution is -0.123. The van der Waals surface area contributed by atoms with E-state index in [0.717, 1.165) is 20.1 Å². The van der Waals surface area contributed by atoms with Crippen molar-refractivity contribution in [2.24, 2.45) is 5.10 Å². The first-order valence-electron chi connectivity index (χ1n) is 8.18. The Labute approximate surface area is 184 Å². The minimum absolute atomic E-state index is 0.175. The summed E-state index contributed by atoms with van der Waals surface area (Å²) in [5.41, 5.74) is 4.37. The fraction of sp³-hybridized carbons (Fsp3) is 0.100. The number of nitrogens with zero attached hydrogens (tertiary/aromatic N) is 1. The number of hydrogen-bond acceptors (Lipinski definition) is 4. The fourth-order valence-corrected chi connectivity index (χ4v) is 4.12. The molecule has 0 bridgehead atoms. The summed E-state index contributed by atoms with van der Waals surface area (Å²) in [5.74, 6) is 1.36. The van der Waals surface area contributed by atoms with Crippen molar-refractivity contribution < 1.29 is 13.9 Å². The Morgan fingerprint density at radius 2 is 1.86 bits per heavy atom. The highest BCUT2D eigenvalue weighted by molar-refractivity contribution is 9.11. The number of ether oxygens (including phenoxy) is 1. The van der Waals surface area contributed by atoms with Crippen LogP contribution in [0.1, 0.15) is 11.3 Å². The molecule has 1 amide bonds. The van der Waals surface area contributed by atoms with E-state index in [9.17, 15) is 4.79 Å². The molecule has 28 heavy (non-hydrogen) atoms. The van der Waals surface area contributed by atoms with E-state index >= 15 is 0 Å². The number of aryl methyl sites for hydroxylation is 1. The molecular weight excluding hydrogens is 511 g/mol. The molecule has 1 N–H and O–H groups in total. The van der Waals surface area contributed by atoms with Gasteiger partial charge in [-0.2, -0.15) is 5.10 Å². The zero-order valence-corrected chi connectivity index (χ0v) is 18.6. The van der Waals surface area contributed by atoms with Crippen molar-refractivity contribution in [2.45, 2.75) is 6.92 Å². The maximum atomic E-state index is 11.9.